The van der Waals surface area contributed by atoms with E-state index >= 15 is 0 Å². The van der Waals surface area contributed by atoms with Crippen LogP contribution in [0.25, 0.3) is 11.0 Å². The first-order valence-corrected chi connectivity index (χ1v) is 4.57. The predicted molar refractivity (Wildman–Crippen MR) is 54.6 cm³/mol. The van der Waals surface area contributed by atoms with Crippen molar-refractivity contribution in [2.75, 3.05) is 0 Å². The van der Waals surface area contributed by atoms with Crippen LogP contribution >= 0.6 is 34.8 Å². The van der Waals surface area contributed by atoms with Gasteiger partial charge >= 0.3 is 0 Å². The number of pyridine rings is 2. The molecule has 0 amide bonds. The fourth-order valence-electron chi connectivity index (χ4n) is 0.990. The topological polar surface area (TPSA) is 25.8 Å². The van der Waals surface area contributed by atoms with E-state index in [0.29, 0.717) is 15.7 Å². The third-order valence-corrected chi connectivity index (χ3v) is 2.42. The van der Waals surface area contributed by atoms with E-state index in [4.69, 9.17) is 34.8 Å². The Bertz CT molecular complexity index is 470. The molecule has 0 spiro atoms. The summed E-state index contributed by atoms with van der Waals surface area (Å²) in [5, 5.41) is 1.98. The van der Waals surface area contributed by atoms with Gasteiger partial charge in [-0.05, 0) is 12.1 Å². The Morgan fingerprint density at radius 3 is 2.62 bits per heavy atom. The largest absolute Gasteiger partial charge is 0.235 e. The van der Waals surface area contributed by atoms with Crippen LogP contribution in [0.2, 0.25) is 15.2 Å². The van der Waals surface area contributed by atoms with Crippen molar-refractivity contribution in [3.8, 4) is 0 Å². The molecule has 2 aromatic rings. The molecular formula is C8H3Cl3N2. The first-order valence-electron chi connectivity index (χ1n) is 3.44. The van der Waals surface area contributed by atoms with Gasteiger partial charge in [-0.25, -0.2) is 9.97 Å². The Morgan fingerprint density at radius 2 is 1.85 bits per heavy atom. The highest BCUT2D eigenvalue weighted by Gasteiger charge is 2.03. The van der Waals surface area contributed by atoms with Crippen molar-refractivity contribution in [1.29, 1.82) is 0 Å². The molecule has 0 aliphatic heterocycles. The normalized spacial score (nSPS) is 10.7. The monoisotopic (exact) mass is 232 g/mol. The molecule has 0 aliphatic rings. The second-order valence-corrected chi connectivity index (χ2v) is 3.66. The summed E-state index contributed by atoms with van der Waals surface area (Å²) in [7, 11) is 0. The van der Waals surface area contributed by atoms with E-state index in [2.05, 4.69) is 9.97 Å². The second-order valence-electron chi connectivity index (χ2n) is 2.46. The van der Waals surface area contributed by atoms with Gasteiger partial charge in [-0.1, -0.05) is 34.8 Å². The van der Waals surface area contributed by atoms with Gasteiger partial charge in [0.25, 0.3) is 0 Å². The number of nitrogens with zero attached hydrogens (tertiary/aromatic N) is 2. The van der Waals surface area contributed by atoms with E-state index in [-0.39, 0.29) is 5.15 Å². The van der Waals surface area contributed by atoms with E-state index in [1.54, 1.807) is 12.1 Å². The molecule has 0 atom stereocenters. The lowest BCUT2D eigenvalue weighted by Gasteiger charge is -1.99. The van der Waals surface area contributed by atoms with Crippen LogP contribution in [0.1, 0.15) is 0 Å². The average Bonchev–Trinajstić information content (AvgIpc) is 2.08. The summed E-state index contributed by atoms with van der Waals surface area (Å²) in [4.78, 5) is 7.98. The smallest absolute Gasteiger partial charge is 0.161 e. The van der Waals surface area contributed by atoms with Crippen LogP contribution in [-0.4, -0.2) is 9.97 Å². The lowest BCUT2D eigenvalue weighted by Crippen LogP contribution is -1.84. The Balaban J connectivity index is 2.81. The number of halogens is 3. The molecule has 0 aromatic carbocycles. The number of rotatable bonds is 0. The van der Waals surface area contributed by atoms with Gasteiger partial charge in [0.1, 0.15) is 5.15 Å². The average molecular weight is 233 g/mol. The molecule has 0 radical (unpaired) electrons. The summed E-state index contributed by atoms with van der Waals surface area (Å²) in [5.74, 6) is 0. The SMILES string of the molecule is Clc1cnc2nc(Cl)c(Cl)cc2c1. The third kappa shape index (κ3) is 1.70. The van der Waals surface area contributed by atoms with Crippen molar-refractivity contribution >= 4 is 45.8 Å². The first-order chi connectivity index (χ1) is 6.16. The Morgan fingerprint density at radius 1 is 1.08 bits per heavy atom. The van der Waals surface area contributed by atoms with Crippen LogP contribution in [-0.2, 0) is 0 Å². The molecule has 2 heterocycles. The molecule has 0 fully saturated rings. The van der Waals surface area contributed by atoms with E-state index in [1.165, 1.54) is 6.20 Å². The molecule has 66 valence electrons. The molecule has 0 N–H and O–H groups in total. The van der Waals surface area contributed by atoms with Gasteiger partial charge in [-0.3, -0.25) is 0 Å². The fraction of sp³-hybridized carbons (Fsp3) is 0. The Labute approximate surface area is 89.5 Å². The number of hydrogen-bond donors (Lipinski definition) is 0. The quantitative estimate of drug-likeness (QED) is 0.650. The van der Waals surface area contributed by atoms with Gasteiger partial charge < -0.3 is 0 Å². The molecule has 0 saturated heterocycles. The molecule has 0 bridgehead atoms. The maximum Gasteiger partial charge on any atom is 0.161 e. The Kier molecular flexibility index (Phi) is 2.28. The van der Waals surface area contributed by atoms with Crippen LogP contribution < -0.4 is 0 Å². The van der Waals surface area contributed by atoms with Crippen molar-refractivity contribution in [3.05, 3.63) is 33.5 Å². The second kappa shape index (κ2) is 3.29. The molecule has 5 heteroatoms. The van der Waals surface area contributed by atoms with Crippen molar-refractivity contribution in [1.82, 2.24) is 9.97 Å². The number of fused-ring (bicyclic) bond motifs is 1. The third-order valence-electron chi connectivity index (χ3n) is 1.55. The van der Waals surface area contributed by atoms with E-state index < -0.39 is 0 Å². The number of aromatic nitrogens is 2. The van der Waals surface area contributed by atoms with Crippen LogP contribution in [0.5, 0.6) is 0 Å². The van der Waals surface area contributed by atoms with Gasteiger partial charge in [0.05, 0.1) is 10.0 Å². The Hall–Kier alpha value is -0.570. The zero-order valence-electron chi connectivity index (χ0n) is 6.26. The zero-order chi connectivity index (χ0) is 9.42. The standard InChI is InChI=1S/C8H3Cl3N2/c9-5-1-4-2-6(10)7(11)13-8(4)12-3-5/h1-3H. The summed E-state index contributed by atoms with van der Waals surface area (Å²) >= 11 is 17.2. The molecule has 13 heavy (non-hydrogen) atoms. The summed E-state index contributed by atoms with van der Waals surface area (Å²) in [6, 6.07) is 3.42. The minimum Gasteiger partial charge on any atom is -0.235 e. The molecule has 2 aromatic heterocycles. The molecule has 0 saturated carbocycles. The minimum absolute atomic E-state index is 0.254. The fourth-order valence-corrected chi connectivity index (χ4v) is 1.45. The molecular weight excluding hydrogens is 230 g/mol. The summed E-state index contributed by atoms with van der Waals surface area (Å²) in [6.07, 6.45) is 1.52. The van der Waals surface area contributed by atoms with Crippen molar-refractivity contribution in [3.63, 3.8) is 0 Å². The van der Waals surface area contributed by atoms with Crippen molar-refractivity contribution < 1.29 is 0 Å². The maximum atomic E-state index is 5.77. The van der Waals surface area contributed by atoms with E-state index in [9.17, 15) is 0 Å². The van der Waals surface area contributed by atoms with Crippen LogP contribution in [0.3, 0.4) is 0 Å². The number of hydrogen-bond acceptors (Lipinski definition) is 2. The summed E-state index contributed by atoms with van der Waals surface area (Å²) in [5.41, 5.74) is 0.541. The first kappa shape index (κ1) is 9.00. The molecule has 0 unspecified atom stereocenters. The van der Waals surface area contributed by atoms with Gasteiger partial charge in [0, 0.05) is 11.6 Å². The molecule has 0 aliphatic carbocycles. The summed E-state index contributed by atoms with van der Waals surface area (Å²) in [6.45, 7) is 0. The van der Waals surface area contributed by atoms with Crippen LogP contribution in [0.4, 0.5) is 0 Å². The van der Waals surface area contributed by atoms with Gasteiger partial charge in [0.15, 0.2) is 5.65 Å². The summed E-state index contributed by atoms with van der Waals surface area (Å²) < 4.78 is 0. The van der Waals surface area contributed by atoms with E-state index in [0.717, 1.165) is 5.39 Å². The van der Waals surface area contributed by atoms with Crippen LogP contribution in [0.15, 0.2) is 18.3 Å². The minimum atomic E-state index is 0.254. The highest BCUT2D eigenvalue weighted by atomic mass is 35.5. The lowest BCUT2D eigenvalue weighted by atomic mass is 10.3. The molecule has 2 nitrogen and oxygen atoms in total. The van der Waals surface area contributed by atoms with Gasteiger partial charge in [-0.2, -0.15) is 0 Å². The molecule has 2 rings (SSSR count). The maximum absolute atomic E-state index is 5.77. The lowest BCUT2D eigenvalue weighted by molar-refractivity contribution is 1.29. The van der Waals surface area contributed by atoms with Crippen LogP contribution in [0, 0.1) is 0 Å². The van der Waals surface area contributed by atoms with Gasteiger partial charge in [0.2, 0.25) is 0 Å². The van der Waals surface area contributed by atoms with E-state index in [1.807, 2.05) is 0 Å². The van der Waals surface area contributed by atoms with Crippen molar-refractivity contribution in [2.45, 2.75) is 0 Å². The highest BCUT2D eigenvalue weighted by Crippen LogP contribution is 2.24. The highest BCUT2D eigenvalue weighted by molar-refractivity contribution is 6.41. The predicted octanol–water partition coefficient (Wildman–Crippen LogP) is 3.59. The van der Waals surface area contributed by atoms with Crippen molar-refractivity contribution in [2.24, 2.45) is 0 Å². The zero-order valence-corrected chi connectivity index (χ0v) is 8.53. The van der Waals surface area contributed by atoms with Gasteiger partial charge in [-0.15, -0.1) is 0 Å².